The lowest BCUT2D eigenvalue weighted by atomic mass is 9.75. The number of rotatable bonds is 2. The Labute approximate surface area is 116 Å². The van der Waals surface area contributed by atoms with Crippen LogP contribution >= 0.6 is 0 Å². The van der Waals surface area contributed by atoms with Gasteiger partial charge in [-0.05, 0) is 49.3 Å². The second-order valence-corrected chi connectivity index (χ2v) is 6.39. The van der Waals surface area contributed by atoms with Crippen LogP contribution in [0.1, 0.15) is 45.1 Å². The van der Waals surface area contributed by atoms with Crippen molar-refractivity contribution >= 4 is 11.4 Å². The number of hydrogen-bond acceptors (Lipinski definition) is 3. The molecule has 1 aliphatic carbocycles. The van der Waals surface area contributed by atoms with E-state index in [1.54, 1.807) is 6.07 Å². The molecule has 3 heteroatoms. The summed E-state index contributed by atoms with van der Waals surface area (Å²) in [5.41, 5.74) is 8.91. The number of nitriles is 1. The Hall–Kier alpha value is -1.69. The van der Waals surface area contributed by atoms with Gasteiger partial charge < -0.3 is 10.6 Å². The molecule has 0 unspecified atom stereocenters. The molecule has 19 heavy (non-hydrogen) atoms. The van der Waals surface area contributed by atoms with Crippen molar-refractivity contribution < 1.29 is 0 Å². The van der Waals surface area contributed by atoms with Crippen LogP contribution in [-0.4, -0.2) is 13.1 Å². The van der Waals surface area contributed by atoms with Crippen LogP contribution in [0.3, 0.4) is 0 Å². The van der Waals surface area contributed by atoms with Gasteiger partial charge in [-0.3, -0.25) is 0 Å². The highest BCUT2D eigenvalue weighted by Gasteiger charge is 2.29. The van der Waals surface area contributed by atoms with Gasteiger partial charge in [-0.25, -0.2) is 0 Å². The highest BCUT2D eigenvalue weighted by Crippen LogP contribution is 2.38. The van der Waals surface area contributed by atoms with E-state index in [2.05, 4.69) is 31.9 Å². The van der Waals surface area contributed by atoms with Crippen molar-refractivity contribution in [2.45, 2.75) is 45.6 Å². The normalized spacial score (nSPS) is 18.8. The van der Waals surface area contributed by atoms with E-state index in [1.807, 2.05) is 12.1 Å². The molecule has 0 atom stereocenters. The van der Waals surface area contributed by atoms with Crippen LogP contribution < -0.4 is 10.6 Å². The highest BCUT2D eigenvalue weighted by atomic mass is 15.1. The van der Waals surface area contributed by atoms with Gasteiger partial charge in [0.2, 0.25) is 0 Å². The zero-order valence-corrected chi connectivity index (χ0v) is 12.1. The summed E-state index contributed by atoms with van der Waals surface area (Å²) in [5, 5.41) is 8.88. The maximum absolute atomic E-state index is 8.88. The van der Waals surface area contributed by atoms with Crippen molar-refractivity contribution in [3.8, 4) is 6.07 Å². The molecule has 0 heterocycles. The van der Waals surface area contributed by atoms with E-state index in [1.165, 1.54) is 25.7 Å². The minimum atomic E-state index is 0.480. The molecule has 1 aromatic rings. The number of hydrogen-bond donors (Lipinski definition) is 1. The SMILES string of the molecule is CN(c1ccc(C#N)cc1N)C1CCC(C)(C)CC1. The lowest BCUT2D eigenvalue weighted by Gasteiger charge is -2.39. The van der Waals surface area contributed by atoms with Gasteiger partial charge in [0.15, 0.2) is 0 Å². The Kier molecular flexibility index (Phi) is 3.71. The number of anilines is 2. The van der Waals surface area contributed by atoms with Crippen LogP contribution in [-0.2, 0) is 0 Å². The molecular weight excluding hydrogens is 234 g/mol. The summed E-state index contributed by atoms with van der Waals surface area (Å²) in [5.74, 6) is 0. The minimum Gasteiger partial charge on any atom is -0.397 e. The fourth-order valence-electron chi connectivity index (χ4n) is 2.91. The smallest absolute Gasteiger partial charge is 0.0992 e. The largest absolute Gasteiger partial charge is 0.397 e. The first-order chi connectivity index (χ1) is 8.93. The monoisotopic (exact) mass is 257 g/mol. The summed E-state index contributed by atoms with van der Waals surface area (Å²) >= 11 is 0. The van der Waals surface area contributed by atoms with Gasteiger partial charge in [0.1, 0.15) is 0 Å². The molecule has 2 N–H and O–H groups in total. The van der Waals surface area contributed by atoms with Crippen LogP contribution in [0, 0.1) is 16.7 Å². The average molecular weight is 257 g/mol. The molecule has 1 fully saturated rings. The number of nitrogens with zero attached hydrogens (tertiary/aromatic N) is 2. The minimum absolute atomic E-state index is 0.480. The lowest BCUT2D eigenvalue weighted by molar-refractivity contribution is 0.222. The van der Waals surface area contributed by atoms with E-state index in [0.29, 0.717) is 22.7 Å². The Balaban J connectivity index is 2.12. The van der Waals surface area contributed by atoms with Crippen molar-refractivity contribution in [3.05, 3.63) is 23.8 Å². The second kappa shape index (κ2) is 5.13. The van der Waals surface area contributed by atoms with Gasteiger partial charge in [-0.1, -0.05) is 13.8 Å². The van der Waals surface area contributed by atoms with Crippen molar-refractivity contribution in [1.29, 1.82) is 5.26 Å². The van der Waals surface area contributed by atoms with Crippen LogP contribution in [0.5, 0.6) is 0 Å². The summed E-state index contributed by atoms with van der Waals surface area (Å²) in [6.45, 7) is 4.69. The van der Waals surface area contributed by atoms with E-state index in [0.717, 1.165) is 5.69 Å². The first-order valence-corrected chi connectivity index (χ1v) is 6.95. The van der Waals surface area contributed by atoms with Crippen molar-refractivity contribution in [2.24, 2.45) is 5.41 Å². The molecule has 102 valence electrons. The predicted octanol–water partition coefficient (Wildman–Crippen LogP) is 3.55. The predicted molar refractivity (Wildman–Crippen MR) is 80.0 cm³/mol. The molecule has 0 saturated heterocycles. The van der Waals surface area contributed by atoms with Crippen LogP contribution in [0.4, 0.5) is 11.4 Å². The summed E-state index contributed by atoms with van der Waals surface area (Å²) in [6, 6.07) is 8.25. The molecule has 0 aliphatic heterocycles. The van der Waals surface area contributed by atoms with E-state index in [4.69, 9.17) is 11.0 Å². The molecule has 0 radical (unpaired) electrons. The first kappa shape index (κ1) is 13.7. The molecule has 3 nitrogen and oxygen atoms in total. The van der Waals surface area contributed by atoms with Crippen LogP contribution in [0.25, 0.3) is 0 Å². The summed E-state index contributed by atoms with van der Waals surface area (Å²) in [4.78, 5) is 2.28. The molecule has 0 bridgehead atoms. The third kappa shape index (κ3) is 3.01. The van der Waals surface area contributed by atoms with Crippen molar-refractivity contribution in [1.82, 2.24) is 0 Å². The molecule has 1 aromatic carbocycles. The van der Waals surface area contributed by atoms with E-state index in [-0.39, 0.29) is 0 Å². The van der Waals surface area contributed by atoms with Gasteiger partial charge in [-0.2, -0.15) is 5.26 Å². The Bertz CT molecular complexity index is 489. The Morgan fingerprint density at radius 2 is 1.95 bits per heavy atom. The molecule has 0 spiro atoms. The average Bonchev–Trinajstić information content (AvgIpc) is 2.37. The van der Waals surface area contributed by atoms with Gasteiger partial charge in [0, 0.05) is 13.1 Å². The number of nitrogen functional groups attached to an aromatic ring is 1. The highest BCUT2D eigenvalue weighted by molar-refractivity contribution is 5.69. The quantitative estimate of drug-likeness (QED) is 0.824. The van der Waals surface area contributed by atoms with Gasteiger partial charge in [0.05, 0.1) is 23.0 Å². The van der Waals surface area contributed by atoms with Crippen LogP contribution in [0.2, 0.25) is 0 Å². The fourth-order valence-corrected chi connectivity index (χ4v) is 2.91. The second-order valence-electron chi connectivity index (χ2n) is 6.39. The van der Waals surface area contributed by atoms with Crippen molar-refractivity contribution in [2.75, 3.05) is 17.7 Å². The molecule has 2 rings (SSSR count). The maximum atomic E-state index is 8.88. The van der Waals surface area contributed by atoms with E-state index < -0.39 is 0 Å². The Morgan fingerprint density at radius 1 is 1.32 bits per heavy atom. The summed E-state index contributed by atoms with van der Waals surface area (Å²) in [6.07, 6.45) is 4.95. The van der Waals surface area contributed by atoms with E-state index in [9.17, 15) is 0 Å². The molecule has 1 saturated carbocycles. The third-order valence-electron chi connectivity index (χ3n) is 4.39. The van der Waals surface area contributed by atoms with Gasteiger partial charge in [0.25, 0.3) is 0 Å². The molecule has 0 amide bonds. The van der Waals surface area contributed by atoms with Crippen LogP contribution in [0.15, 0.2) is 18.2 Å². The number of nitrogens with two attached hydrogens (primary N) is 1. The third-order valence-corrected chi connectivity index (χ3v) is 4.39. The zero-order valence-electron chi connectivity index (χ0n) is 12.1. The molecular formula is C16H23N3. The zero-order chi connectivity index (χ0) is 14.0. The van der Waals surface area contributed by atoms with E-state index >= 15 is 0 Å². The van der Waals surface area contributed by atoms with Crippen molar-refractivity contribution in [3.63, 3.8) is 0 Å². The maximum Gasteiger partial charge on any atom is 0.0992 e. The molecule has 1 aliphatic rings. The summed E-state index contributed by atoms with van der Waals surface area (Å²) in [7, 11) is 2.11. The number of benzene rings is 1. The van der Waals surface area contributed by atoms with Gasteiger partial charge >= 0.3 is 0 Å². The fraction of sp³-hybridized carbons (Fsp3) is 0.562. The summed E-state index contributed by atoms with van der Waals surface area (Å²) < 4.78 is 0. The first-order valence-electron chi connectivity index (χ1n) is 6.95. The topological polar surface area (TPSA) is 53.0 Å². The standard InChI is InChI=1S/C16H23N3/c1-16(2)8-6-13(7-9-16)19(3)15-5-4-12(11-17)10-14(15)18/h4-5,10,13H,6-9,18H2,1-3H3. The Morgan fingerprint density at radius 3 is 2.47 bits per heavy atom. The lowest BCUT2D eigenvalue weighted by Crippen LogP contribution is -2.37. The van der Waals surface area contributed by atoms with Gasteiger partial charge in [-0.15, -0.1) is 0 Å². The molecule has 0 aromatic heterocycles.